The summed E-state index contributed by atoms with van der Waals surface area (Å²) in [6, 6.07) is 3.97. The van der Waals surface area contributed by atoms with Crippen LogP contribution < -0.4 is 0 Å². The van der Waals surface area contributed by atoms with Gasteiger partial charge in [-0.05, 0) is 32.4 Å². The van der Waals surface area contributed by atoms with Gasteiger partial charge in [0.2, 0.25) is 0 Å². The van der Waals surface area contributed by atoms with Crippen molar-refractivity contribution in [3.63, 3.8) is 0 Å². The van der Waals surface area contributed by atoms with Crippen LogP contribution in [0.4, 0.5) is 5.69 Å². The van der Waals surface area contributed by atoms with Crippen molar-refractivity contribution in [1.82, 2.24) is 4.90 Å². The zero-order valence-corrected chi connectivity index (χ0v) is 12.7. The fourth-order valence-electron chi connectivity index (χ4n) is 4.17. The highest BCUT2D eigenvalue weighted by atomic mass is 16.6. The predicted molar refractivity (Wildman–Crippen MR) is 81.7 cm³/mol. The van der Waals surface area contributed by atoms with E-state index in [1.54, 1.807) is 0 Å². The largest absolute Gasteiger partial charge is 0.508 e. The third-order valence-corrected chi connectivity index (χ3v) is 5.36. The lowest BCUT2D eigenvalue weighted by molar-refractivity contribution is -0.385. The summed E-state index contributed by atoms with van der Waals surface area (Å²) in [5.74, 6) is 0.0742. The quantitative estimate of drug-likeness (QED) is 0.648. The van der Waals surface area contributed by atoms with Gasteiger partial charge in [0.15, 0.2) is 0 Å². The van der Waals surface area contributed by atoms with Crippen LogP contribution in [-0.4, -0.2) is 39.2 Å². The fraction of sp³-hybridized carbons (Fsp3) is 0.625. The van der Waals surface area contributed by atoms with Crippen molar-refractivity contribution in [3.8, 4) is 5.75 Å². The Balaban J connectivity index is 2.04. The van der Waals surface area contributed by atoms with Crippen molar-refractivity contribution >= 4 is 5.69 Å². The minimum atomic E-state index is -0.716. The van der Waals surface area contributed by atoms with Crippen LogP contribution in [0, 0.1) is 16.0 Å². The van der Waals surface area contributed by atoms with E-state index in [2.05, 4.69) is 4.90 Å². The summed E-state index contributed by atoms with van der Waals surface area (Å²) in [6.45, 7) is 0.722. The Morgan fingerprint density at radius 2 is 2.14 bits per heavy atom. The number of nitrogens with zero attached hydrogens (tertiary/aromatic N) is 2. The smallest absolute Gasteiger partial charge is 0.270 e. The van der Waals surface area contributed by atoms with E-state index >= 15 is 0 Å². The summed E-state index contributed by atoms with van der Waals surface area (Å²) in [7, 11) is 1.96. The zero-order chi connectivity index (χ0) is 15.9. The molecule has 0 spiro atoms. The van der Waals surface area contributed by atoms with Crippen LogP contribution in [0.15, 0.2) is 18.2 Å². The van der Waals surface area contributed by atoms with E-state index in [9.17, 15) is 20.3 Å². The third-order valence-electron chi connectivity index (χ3n) is 5.36. The molecule has 1 aliphatic carbocycles. The molecular formula is C16H22N2O4. The minimum absolute atomic E-state index is 0.00732. The maximum absolute atomic E-state index is 11.0. The molecule has 2 fully saturated rings. The lowest BCUT2D eigenvalue weighted by Crippen LogP contribution is -2.53. The first-order chi connectivity index (χ1) is 10.4. The topological polar surface area (TPSA) is 86.8 Å². The van der Waals surface area contributed by atoms with Gasteiger partial charge >= 0.3 is 0 Å². The molecule has 1 saturated carbocycles. The monoisotopic (exact) mass is 306 g/mol. The number of aromatic hydroxyl groups is 1. The van der Waals surface area contributed by atoms with E-state index in [1.807, 2.05) is 7.05 Å². The van der Waals surface area contributed by atoms with Gasteiger partial charge in [0.1, 0.15) is 5.75 Å². The number of nitro groups is 1. The molecular weight excluding hydrogens is 284 g/mol. The number of phenols is 1. The van der Waals surface area contributed by atoms with Crippen LogP contribution in [0.2, 0.25) is 0 Å². The molecule has 1 heterocycles. The van der Waals surface area contributed by atoms with Crippen LogP contribution in [0.3, 0.4) is 0 Å². The molecule has 0 aromatic heterocycles. The van der Waals surface area contributed by atoms with Gasteiger partial charge in [0.25, 0.3) is 5.69 Å². The minimum Gasteiger partial charge on any atom is -0.508 e. The number of benzene rings is 1. The van der Waals surface area contributed by atoms with Gasteiger partial charge in [0.05, 0.1) is 10.5 Å². The summed E-state index contributed by atoms with van der Waals surface area (Å²) >= 11 is 0. The molecule has 0 unspecified atom stereocenters. The molecule has 2 aliphatic rings. The molecule has 3 atom stereocenters. The van der Waals surface area contributed by atoms with Crippen LogP contribution in [0.1, 0.15) is 43.7 Å². The van der Waals surface area contributed by atoms with Crippen molar-refractivity contribution in [3.05, 3.63) is 33.9 Å². The Bertz CT molecular complexity index is 592. The summed E-state index contributed by atoms with van der Waals surface area (Å²) in [4.78, 5) is 12.7. The van der Waals surface area contributed by atoms with E-state index in [4.69, 9.17) is 0 Å². The number of rotatable bonds is 2. The second-order valence-corrected chi connectivity index (χ2v) is 6.63. The number of hydrogen-bond donors (Lipinski definition) is 2. The van der Waals surface area contributed by atoms with Crippen LogP contribution in [0.5, 0.6) is 5.75 Å². The van der Waals surface area contributed by atoms with Gasteiger partial charge in [0, 0.05) is 36.2 Å². The van der Waals surface area contributed by atoms with Crippen LogP contribution >= 0.6 is 0 Å². The van der Waals surface area contributed by atoms with E-state index in [0.717, 1.165) is 38.6 Å². The van der Waals surface area contributed by atoms with Crippen molar-refractivity contribution in [2.45, 2.75) is 43.7 Å². The summed E-state index contributed by atoms with van der Waals surface area (Å²) < 4.78 is 0. The predicted octanol–water partition coefficient (Wildman–Crippen LogP) is 2.60. The van der Waals surface area contributed by atoms with E-state index in [1.165, 1.54) is 18.2 Å². The van der Waals surface area contributed by atoms with Crippen LogP contribution in [-0.2, 0) is 0 Å². The molecule has 6 nitrogen and oxygen atoms in total. The number of nitro benzene ring substituents is 1. The molecule has 120 valence electrons. The first-order valence-corrected chi connectivity index (χ1v) is 7.82. The normalized spacial score (nSPS) is 32.5. The molecule has 0 amide bonds. The maximum atomic E-state index is 11.0. The zero-order valence-electron chi connectivity index (χ0n) is 12.7. The number of piperidine rings is 1. The molecule has 2 N–H and O–H groups in total. The second kappa shape index (κ2) is 5.52. The molecule has 1 saturated heterocycles. The standard InChI is InChI=1S/C16H22N2O4/c1-17-9-8-16(20)7-3-2-4-13(16)15(17)12-10-11(18(21)22)5-6-14(12)19/h5-6,10,13,15,19-20H,2-4,7-9H2,1H3/t13-,15+,16+/m1/s1. The highest BCUT2D eigenvalue weighted by Gasteiger charge is 2.48. The number of aliphatic hydroxyl groups is 1. The number of likely N-dealkylation sites (tertiary alicyclic amines) is 1. The Morgan fingerprint density at radius 3 is 2.86 bits per heavy atom. The third kappa shape index (κ3) is 2.46. The van der Waals surface area contributed by atoms with Gasteiger partial charge in [-0.1, -0.05) is 12.8 Å². The number of phenolic OH excluding ortho intramolecular Hbond substituents is 1. The molecule has 1 aromatic rings. The molecule has 6 heteroatoms. The Hall–Kier alpha value is -1.66. The fourth-order valence-corrected chi connectivity index (χ4v) is 4.17. The molecule has 1 aliphatic heterocycles. The molecule has 3 rings (SSSR count). The van der Waals surface area contributed by atoms with E-state index in [-0.39, 0.29) is 23.4 Å². The number of non-ortho nitro benzene ring substituents is 1. The van der Waals surface area contributed by atoms with Gasteiger partial charge in [-0.15, -0.1) is 0 Å². The number of fused-ring (bicyclic) bond motifs is 1. The van der Waals surface area contributed by atoms with Crippen molar-refractivity contribution in [2.24, 2.45) is 5.92 Å². The number of hydrogen-bond acceptors (Lipinski definition) is 5. The lowest BCUT2D eigenvalue weighted by Gasteiger charge is -2.51. The van der Waals surface area contributed by atoms with Gasteiger partial charge in [-0.2, -0.15) is 0 Å². The molecule has 1 aromatic carbocycles. The summed E-state index contributed by atoms with van der Waals surface area (Å²) in [5, 5.41) is 32.2. The lowest BCUT2D eigenvalue weighted by atomic mass is 9.66. The summed E-state index contributed by atoms with van der Waals surface area (Å²) in [5.41, 5.74) is -0.181. The first-order valence-electron chi connectivity index (χ1n) is 7.82. The Morgan fingerprint density at radius 1 is 1.36 bits per heavy atom. The van der Waals surface area contributed by atoms with E-state index in [0.29, 0.717) is 5.56 Å². The Kier molecular flexibility index (Phi) is 3.82. The molecule has 22 heavy (non-hydrogen) atoms. The molecule has 0 radical (unpaired) electrons. The molecule has 0 bridgehead atoms. The highest BCUT2D eigenvalue weighted by molar-refractivity contribution is 5.45. The van der Waals surface area contributed by atoms with Crippen molar-refractivity contribution < 1.29 is 15.1 Å². The van der Waals surface area contributed by atoms with Gasteiger partial charge < -0.3 is 10.2 Å². The van der Waals surface area contributed by atoms with E-state index < -0.39 is 10.5 Å². The first kappa shape index (κ1) is 15.2. The maximum Gasteiger partial charge on any atom is 0.270 e. The average Bonchev–Trinajstić information content (AvgIpc) is 2.48. The second-order valence-electron chi connectivity index (χ2n) is 6.63. The van der Waals surface area contributed by atoms with Crippen molar-refractivity contribution in [1.29, 1.82) is 0 Å². The average molecular weight is 306 g/mol. The van der Waals surface area contributed by atoms with Gasteiger partial charge in [-0.3, -0.25) is 15.0 Å². The summed E-state index contributed by atoms with van der Waals surface area (Å²) in [6.07, 6.45) is 4.45. The van der Waals surface area contributed by atoms with Gasteiger partial charge in [-0.25, -0.2) is 0 Å². The van der Waals surface area contributed by atoms with Crippen LogP contribution in [0.25, 0.3) is 0 Å². The highest BCUT2D eigenvalue weighted by Crippen LogP contribution is 2.50. The SMILES string of the molecule is CN1CC[C@@]2(O)CCCC[C@@H]2[C@@H]1c1cc([N+](=O)[O-])ccc1O. The Labute approximate surface area is 129 Å². The van der Waals surface area contributed by atoms with Crippen molar-refractivity contribution in [2.75, 3.05) is 13.6 Å².